The minimum absolute atomic E-state index is 0.367. The van der Waals surface area contributed by atoms with Crippen molar-refractivity contribution in [2.45, 2.75) is 38.1 Å². The van der Waals surface area contributed by atoms with E-state index in [9.17, 15) is 0 Å². The second-order valence-electron chi connectivity index (χ2n) is 4.63. The molecule has 19 heavy (non-hydrogen) atoms. The molecule has 4 N–H and O–H groups in total. The molecule has 0 radical (unpaired) electrons. The molecule has 6 nitrogen and oxygen atoms in total. The second kappa shape index (κ2) is 6.59. The van der Waals surface area contributed by atoms with Gasteiger partial charge in [-0.3, -0.25) is 4.98 Å². The molecule has 0 saturated heterocycles. The third kappa shape index (κ3) is 3.85. The Morgan fingerprint density at radius 3 is 2.89 bits per heavy atom. The summed E-state index contributed by atoms with van der Waals surface area (Å²) in [5.74, 6) is 0.439. The molecule has 2 rings (SSSR count). The van der Waals surface area contributed by atoms with E-state index in [-0.39, 0.29) is 0 Å². The topological polar surface area (TPSA) is 99.1 Å². The van der Waals surface area contributed by atoms with E-state index >= 15 is 0 Å². The van der Waals surface area contributed by atoms with Crippen LogP contribution in [0.4, 0.5) is 11.4 Å². The second-order valence-corrected chi connectivity index (χ2v) is 4.63. The van der Waals surface area contributed by atoms with Crippen molar-refractivity contribution in [3.63, 3.8) is 0 Å². The summed E-state index contributed by atoms with van der Waals surface area (Å²) in [6.07, 6.45) is 11.0. The van der Waals surface area contributed by atoms with E-state index < -0.39 is 0 Å². The molecule has 1 fully saturated rings. The largest absolute Gasteiger partial charge is 0.397 e. The standard InChI is InChI=1S/C13H18N6/c14-9-17-13(18-10-4-2-1-3-5-10)19-12-8-16-7-6-11(12)15/h6-8,10H,1-5H2,(H2,15,16)(H2,17,18,19). The molecule has 100 valence electrons. The van der Waals surface area contributed by atoms with Crippen LogP contribution in [0.5, 0.6) is 0 Å². The van der Waals surface area contributed by atoms with Gasteiger partial charge in [0.25, 0.3) is 0 Å². The number of nitrogens with zero attached hydrogens (tertiary/aromatic N) is 3. The Balaban J connectivity index is 2.02. The molecule has 1 saturated carbocycles. The van der Waals surface area contributed by atoms with Crippen LogP contribution in [0, 0.1) is 11.5 Å². The highest BCUT2D eigenvalue weighted by Gasteiger charge is 2.15. The van der Waals surface area contributed by atoms with E-state index in [1.165, 1.54) is 19.3 Å². The predicted molar refractivity (Wildman–Crippen MR) is 75.3 cm³/mol. The maximum atomic E-state index is 8.75. The molecule has 1 aliphatic rings. The zero-order valence-corrected chi connectivity index (χ0v) is 10.8. The third-order valence-corrected chi connectivity index (χ3v) is 3.22. The number of hydrogen-bond donors (Lipinski definition) is 3. The summed E-state index contributed by atoms with van der Waals surface area (Å²) in [5, 5.41) is 15.0. The van der Waals surface area contributed by atoms with Crippen LogP contribution in [0.3, 0.4) is 0 Å². The number of nitrogens with one attached hydrogen (secondary N) is 2. The maximum Gasteiger partial charge on any atom is 0.212 e. The van der Waals surface area contributed by atoms with Crippen molar-refractivity contribution in [2.24, 2.45) is 4.99 Å². The van der Waals surface area contributed by atoms with Crippen molar-refractivity contribution >= 4 is 17.3 Å². The predicted octanol–water partition coefficient (Wildman–Crippen LogP) is 1.84. The number of aliphatic imine (C=N–C) groups is 1. The molecule has 6 heteroatoms. The number of nitrogens with two attached hydrogens (primary N) is 1. The summed E-state index contributed by atoms with van der Waals surface area (Å²) >= 11 is 0. The minimum atomic E-state index is 0.367. The Morgan fingerprint density at radius 1 is 1.42 bits per heavy atom. The lowest BCUT2D eigenvalue weighted by molar-refractivity contribution is 0.413. The Bertz CT molecular complexity index is 484. The van der Waals surface area contributed by atoms with Gasteiger partial charge in [0.2, 0.25) is 12.2 Å². The van der Waals surface area contributed by atoms with Gasteiger partial charge in [-0.15, -0.1) is 4.99 Å². The molecule has 0 amide bonds. The first-order valence-corrected chi connectivity index (χ1v) is 6.49. The first-order chi connectivity index (χ1) is 9.29. The van der Waals surface area contributed by atoms with Gasteiger partial charge in [-0.2, -0.15) is 5.26 Å². The highest BCUT2D eigenvalue weighted by atomic mass is 15.2. The van der Waals surface area contributed by atoms with Crippen molar-refractivity contribution in [3.05, 3.63) is 18.5 Å². The number of hydrogen-bond acceptors (Lipinski definition) is 4. The monoisotopic (exact) mass is 258 g/mol. The van der Waals surface area contributed by atoms with Gasteiger partial charge in [0.05, 0.1) is 17.6 Å². The summed E-state index contributed by atoms with van der Waals surface area (Å²) in [5.41, 5.74) is 7.06. The van der Waals surface area contributed by atoms with E-state index in [2.05, 4.69) is 20.6 Å². The number of guanidine groups is 1. The molecular weight excluding hydrogens is 240 g/mol. The van der Waals surface area contributed by atoms with Crippen LogP contribution in [-0.2, 0) is 0 Å². The first kappa shape index (κ1) is 13.1. The van der Waals surface area contributed by atoms with Crippen LogP contribution in [-0.4, -0.2) is 17.0 Å². The highest BCUT2D eigenvalue weighted by molar-refractivity contribution is 5.96. The van der Waals surface area contributed by atoms with E-state index in [1.807, 2.05) is 0 Å². The van der Waals surface area contributed by atoms with Crippen molar-refractivity contribution in [1.29, 1.82) is 5.26 Å². The fourth-order valence-electron chi connectivity index (χ4n) is 2.22. The Labute approximate surface area is 112 Å². The smallest absolute Gasteiger partial charge is 0.212 e. The van der Waals surface area contributed by atoms with Crippen LogP contribution in [0.15, 0.2) is 23.5 Å². The van der Waals surface area contributed by atoms with Gasteiger partial charge in [-0.25, -0.2) is 0 Å². The van der Waals surface area contributed by atoms with E-state index in [0.717, 1.165) is 12.8 Å². The summed E-state index contributed by atoms with van der Waals surface area (Å²) in [6.45, 7) is 0. The van der Waals surface area contributed by atoms with Gasteiger partial charge < -0.3 is 16.4 Å². The Morgan fingerprint density at radius 2 is 2.21 bits per heavy atom. The average Bonchev–Trinajstić information content (AvgIpc) is 2.43. The third-order valence-electron chi connectivity index (χ3n) is 3.22. The maximum absolute atomic E-state index is 8.75. The molecule has 0 unspecified atom stereocenters. The van der Waals surface area contributed by atoms with E-state index in [0.29, 0.717) is 23.4 Å². The van der Waals surface area contributed by atoms with Crippen LogP contribution >= 0.6 is 0 Å². The number of rotatable bonds is 2. The van der Waals surface area contributed by atoms with Crippen molar-refractivity contribution < 1.29 is 0 Å². The zero-order valence-electron chi connectivity index (χ0n) is 10.8. The number of anilines is 2. The van der Waals surface area contributed by atoms with Gasteiger partial charge in [0.1, 0.15) is 0 Å². The number of aromatic nitrogens is 1. The normalized spacial score (nSPS) is 16.7. The molecule has 1 heterocycles. The lowest BCUT2D eigenvalue weighted by Gasteiger charge is -2.24. The van der Waals surface area contributed by atoms with Crippen LogP contribution in [0.2, 0.25) is 0 Å². The molecule has 0 aliphatic heterocycles. The van der Waals surface area contributed by atoms with Gasteiger partial charge in [-0.1, -0.05) is 19.3 Å². The van der Waals surface area contributed by atoms with Crippen LogP contribution in [0.25, 0.3) is 0 Å². The molecule has 0 aromatic carbocycles. The van der Waals surface area contributed by atoms with Crippen LogP contribution < -0.4 is 16.4 Å². The minimum Gasteiger partial charge on any atom is -0.397 e. The van der Waals surface area contributed by atoms with Crippen LogP contribution in [0.1, 0.15) is 32.1 Å². The Kier molecular flexibility index (Phi) is 4.56. The summed E-state index contributed by atoms with van der Waals surface area (Å²) < 4.78 is 0. The number of nitrogen functional groups attached to an aromatic ring is 1. The molecule has 1 aliphatic carbocycles. The molecule has 0 atom stereocenters. The van der Waals surface area contributed by atoms with Gasteiger partial charge in [-0.05, 0) is 18.9 Å². The molecular formula is C13H18N6. The molecule has 0 spiro atoms. The lowest BCUT2D eigenvalue weighted by Crippen LogP contribution is -2.40. The Hall–Kier alpha value is -2.29. The van der Waals surface area contributed by atoms with Gasteiger partial charge in [0, 0.05) is 12.2 Å². The number of pyridine rings is 1. The zero-order chi connectivity index (χ0) is 13.5. The van der Waals surface area contributed by atoms with E-state index in [1.54, 1.807) is 24.7 Å². The first-order valence-electron chi connectivity index (χ1n) is 6.49. The summed E-state index contributed by atoms with van der Waals surface area (Å²) in [4.78, 5) is 7.77. The quantitative estimate of drug-likeness (QED) is 0.427. The fourth-order valence-corrected chi connectivity index (χ4v) is 2.22. The van der Waals surface area contributed by atoms with Gasteiger partial charge >= 0.3 is 0 Å². The van der Waals surface area contributed by atoms with Crippen molar-refractivity contribution in [1.82, 2.24) is 10.3 Å². The highest BCUT2D eigenvalue weighted by Crippen LogP contribution is 2.18. The molecule has 1 aromatic heterocycles. The summed E-state index contributed by atoms with van der Waals surface area (Å²) in [6, 6.07) is 2.07. The number of nitriles is 1. The molecule has 1 aromatic rings. The van der Waals surface area contributed by atoms with E-state index in [4.69, 9.17) is 11.0 Å². The summed E-state index contributed by atoms with van der Waals surface area (Å²) in [7, 11) is 0. The van der Waals surface area contributed by atoms with Gasteiger partial charge in [0.15, 0.2) is 0 Å². The van der Waals surface area contributed by atoms with Crippen molar-refractivity contribution in [3.8, 4) is 6.19 Å². The average molecular weight is 258 g/mol. The van der Waals surface area contributed by atoms with Crippen molar-refractivity contribution in [2.75, 3.05) is 11.1 Å². The lowest BCUT2D eigenvalue weighted by atomic mass is 9.96. The molecule has 0 bridgehead atoms. The SMILES string of the molecule is N#C/N=C(/Nc1cnccc1N)NC1CCCCC1. The fraction of sp³-hybridized carbons (Fsp3) is 0.462.